The number of aromatic nitrogens is 1. The minimum absolute atomic E-state index is 0.120. The molecule has 0 saturated carbocycles. The molecule has 2 aromatic rings. The van der Waals surface area contributed by atoms with E-state index in [4.69, 9.17) is 22.4 Å². The number of aromatic amines is 1. The maximum atomic E-state index is 11.7. The van der Waals surface area contributed by atoms with E-state index in [2.05, 4.69) is 10.3 Å². The lowest BCUT2D eigenvalue weighted by Crippen LogP contribution is -2.30. The van der Waals surface area contributed by atoms with Crippen LogP contribution in [0.1, 0.15) is 15.9 Å². The van der Waals surface area contributed by atoms with Gasteiger partial charge in [0, 0.05) is 17.0 Å². The van der Waals surface area contributed by atoms with E-state index in [0.717, 1.165) is 0 Å². The Morgan fingerprint density at radius 1 is 1.33 bits per heavy atom. The number of carboxylic acids is 1. The van der Waals surface area contributed by atoms with Crippen LogP contribution >= 0.6 is 11.6 Å². The smallest absolute Gasteiger partial charge is 0.341 e. The highest BCUT2D eigenvalue weighted by Gasteiger charge is 2.13. The Labute approximate surface area is 123 Å². The van der Waals surface area contributed by atoms with Crippen LogP contribution in [0.25, 0.3) is 10.9 Å². The number of aromatic carboxylic acids is 1. The van der Waals surface area contributed by atoms with Crippen molar-refractivity contribution in [2.45, 2.75) is 6.54 Å². The summed E-state index contributed by atoms with van der Waals surface area (Å²) < 4.78 is 0. The zero-order valence-electron chi connectivity index (χ0n) is 10.8. The first-order valence-electron chi connectivity index (χ1n) is 5.98. The van der Waals surface area contributed by atoms with Gasteiger partial charge in [0.2, 0.25) is 5.91 Å². The van der Waals surface area contributed by atoms with E-state index in [1.807, 2.05) is 0 Å². The number of nitrogens with one attached hydrogen (secondary N) is 2. The number of H-pyrrole nitrogens is 1. The molecule has 1 aromatic carbocycles. The highest BCUT2D eigenvalue weighted by atomic mass is 35.5. The second kappa shape index (κ2) is 5.94. The number of pyridine rings is 1. The van der Waals surface area contributed by atoms with Gasteiger partial charge in [0.25, 0.3) is 5.56 Å². The Kier molecular flexibility index (Phi) is 4.25. The van der Waals surface area contributed by atoms with Gasteiger partial charge in [-0.1, -0.05) is 11.6 Å². The summed E-state index contributed by atoms with van der Waals surface area (Å²) in [5, 5.41) is 12.3. The van der Waals surface area contributed by atoms with Gasteiger partial charge in [-0.25, -0.2) is 4.79 Å². The molecule has 0 aliphatic carbocycles. The number of carbonyl (C=O) groups excluding carboxylic acids is 1. The number of hydrogen-bond acceptors (Lipinski definition) is 4. The van der Waals surface area contributed by atoms with Gasteiger partial charge < -0.3 is 21.1 Å². The van der Waals surface area contributed by atoms with Crippen molar-refractivity contribution in [1.82, 2.24) is 10.3 Å². The minimum atomic E-state index is -1.32. The van der Waals surface area contributed by atoms with Crippen LogP contribution < -0.4 is 16.6 Å². The van der Waals surface area contributed by atoms with Gasteiger partial charge in [-0.3, -0.25) is 9.59 Å². The summed E-state index contributed by atoms with van der Waals surface area (Å²) in [6.07, 6.45) is 0. The first-order chi connectivity index (χ1) is 9.92. The highest BCUT2D eigenvalue weighted by molar-refractivity contribution is 6.31. The second-order valence-corrected chi connectivity index (χ2v) is 4.76. The third kappa shape index (κ3) is 3.21. The van der Waals surface area contributed by atoms with E-state index in [0.29, 0.717) is 21.5 Å². The van der Waals surface area contributed by atoms with Crippen LogP contribution in [0.2, 0.25) is 5.02 Å². The van der Waals surface area contributed by atoms with Gasteiger partial charge in [-0.05, 0) is 23.8 Å². The lowest BCUT2D eigenvalue weighted by molar-refractivity contribution is -0.119. The highest BCUT2D eigenvalue weighted by Crippen LogP contribution is 2.22. The number of hydrogen-bond donors (Lipinski definition) is 4. The standard InChI is InChI=1S/C13H12ClN3O4/c14-8-1-6-3-9(13(20)21)12(19)17-11(6)7(2-8)5-16-10(18)4-15/h1-3H,4-5,15H2,(H,16,18)(H,17,19)(H,20,21). The first-order valence-corrected chi connectivity index (χ1v) is 6.35. The van der Waals surface area contributed by atoms with Crippen molar-refractivity contribution in [3.8, 4) is 0 Å². The minimum Gasteiger partial charge on any atom is -0.477 e. The van der Waals surface area contributed by atoms with E-state index in [9.17, 15) is 14.4 Å². The molecule has 0 bridgehead atoms. The van der Waals surface area contributed by atoms with Crippen LogP contribution in [0.5, 0.6) is 0 Å². The molecule has 0 aliphatic heterocycles. The Balaban J connectivity index is 2.55. The van der Waals surface area contributed by atoms with Crippen molar-refractivity contribution in [3.05, 3.63) is 44.7 Å². The predicted octanol–water partition coefficient (Wildman–Crippen LogP) is 0.455. The number of amides is 1. The van der Waals surface area contributed by atoms with Gasteiger partial charge in [-0.2, -0.15) is 0 Å². The monoisotopic (exact) mass is 309 g/mol. The lowest BCUT2D eigenvalue weighted by atomic mass is 10.1. The number of halogens is 1. The molecule has 0 unspecified atom stereocenters. The molecule has 0 saturated heterocycles. The summed E-state index contributed by atoms with van der Waals surface area (Å²) in [5.41, 5.74) is 5.09. The fraction of sp³-hybridized carbons (Fsp3) is 0.154. The molecule has 1 heterocycles. The first kappa shape index (κ1) is 15.0. The van der Waals surface area contributed by atoms with Crippen molar-refractivity contribution < 1.29 is 14.7 Å². The predicted molar refractivity (Wildman–Crippen MR) is 77.4 cm³/mol. The van der Waals surface area contributed by atoms with Crippen LogP contribution in [-0.2, 0) is 11.3 Å². The Morgan fingerprint density at radius 2 is 2.05 bits per heavy atom. The van der Waals surface area contributed by atoms with Gasteiger partial charge in [0.1, 0.15) is 5.56 Å². The van der Waals surface area contributed by atoms with Crippen LogP contribution in [0.15, 0.2) is 23.0 Å². The molecule has 21 heavy (non-hydrogen) atoms. The molecule has 110 valence electrons. The normalized spacial score (nSPS) is 10.6. The third-order valence-corrected chi connectivity index (χ3v) is 3.11. The van der Waals surface area contributed by atoms with Crippen molar-refractivity contribution in [1.29, 1.82) is 0 Å². The summed E-state index contributed by atoms with van der Waals surface area (Å²) in [7, 11) is 0. The average molecular weight is 310 g/mol. The third-order valence-electron chi connectivity index (χ3n) is 2.89. The molecule has 1 aromatic heterocycles. The number of nitrogens with two attached hydrogens (primary N) is 1. The Morgan fingerprint density at radius 3 is 2.67 bits per heavy atom. The molecule has 1 amide bonds. The number of benzene rings is 1. The number of rotatable bonds is 4. The topological polar surface area (TPSA) is 125 Å². The summed E-state index contributed by atoms with van der Waals surface area (Å²) in [6.45, 7) is -0.0341. The largest absolute Gasteiger partial charge is 0.477 e. The maximum Gasteiger partial charge on any atom is 0.341 e. The van der Waals surface area contributed by atoms with Crippen molar-refractivity contribution >= 4 is 34.4 Å². The quantitative estimate of drug-likeness (QED) is 0.652. The molecule has 0 spiro atoms. The van der Waals surface area contributed by atoms with Crippen molar-refractivity contribution in [2.24, 2.45) is 5.73 Å². The maximum absolute atomic E-state index is 11.7. The van der Waals surface area contributed by atoms with E-state index >= 15 is 0 Å². The van der Waals surface area contributed by atoms with Crippen LogP contribution in [0.4, 0.5) is 0 Å². The molecule has 7 nitrogen and oxygen atoms in total. The van der Waals surface area contributed by atoms with E-state index in [1.165, 1.54) is 12.1 Å². The fourth-order valence-corrected chi connectivity index (χ4v) is 2.17. The van der Waals surface area contributed by atoms with E-state index in [1.54, 1.807) is 6.07 Å². The summed E-state index contributed by atoms with van der Waals surface area (Å²) >= 11 is 5.97. The summed E-state index contributed by atoms with van der Waals surface area (Å²) in [4.78, 5) is 36.4. The fourth-order valence-electron chi connectivity index (χ4n) is 1.92. The summed E-state index contributed by atoms with van der Waals surface area (Å²) in [5.74, 6) is -1.68. The summed E-state index contributed by atoms with van der Waals surface area (Å²) in [6, 6.07) is 4.36. The Hall–Kier alpha value is -2.38. The number of carboxylic acid groups (broad SMARTS) is 1. The SMILES string of the molecule is NCC(=O)NCc1cc(Cl)cc2cc(C(=O)O)c(=O)[nH]c12. The molecule has 5 N–H and O–H groups in total. The molecular formula is C13H12ClN3O4. The van der Waals surface area contributed by atoms with Crippen LogP contribution in [-0.4, -0.2) is 28.5 Å². The zero-order chi connectivity index (χ0) is 15.6. The lowest BCUT2D eigenvalue weighted by Gasteiger charge is -2.09. The Bertz CT molecular complexity index is 785. The van der Waals surface area contributed by atoms with Crippen molar-refractivity contribution in [3.63, 3.8) is 0 Å². The number of carbonyl (C=O) groups is 2. The van der Waals surface area contributed by atoms with Gasteiger partial charge in [-0.15, -0.1) is 0 Å². The molecule has 0 aliphatic rings. The average Bonchev–Trinajstić information content (AvgIpc) is 2.44. The van der Waals surface area contributed by atoms with Crippen LogP contribution in [0, 0.1) is 0 Å². The second-order valence-electron chi connectivity index (χ2n) is 4.33. The number of fused-ring (bicyclic) bond motifs is 1. The van der Waals surface area contributed by atoms with Gasteiger partial charge in [0.05, 0.1) is 12.1 Å². The van der Waals surface area contributed by atoms with E-state index in [-0.39, 0.29) is 24.6 Å². The molecule has 0 fully saturated rings. The molecule has 2 rings (SSSR count). The van der Waals surface area contributed by atoms with E-state index < -0.39 is 11.5 Å². The van der Waals surface area contributed by atoms with Gasteiger partial charge >= 0.3 is 5.97 Å². The molecule has 0 atom stereocenters. The van der Waals surface area contributed by atoms with Crippen molar-refractivity contribution in [2.75, 3.05) is 6.54 Å². The van der Waals surface area contributed by atoms with Crippen LogP contribution in [0.3, 0.4) is 0 Å². The molecule has 8 heteroatoms. The molecular weight excluding hydrogens is 298 g/mol. The van der Waals surface area contributed by atoms with Gasteiger partial charge in [0.15, 0.2) is 0 Å². The molecule has 0 radical (unpaired) electrons. The zero-order valence-corrected chi connectivity index (χ0v) is 11.5.